The minimum Gasteiger partial charge on any atom is -0.465 e. The number of carbonyl (C=O) groups excluding carboxylic acids is 2. The lowest BCUT2D eigenvalue weighted by Gasteiger charge is -2.27. The summed E-state index contributed by atoms with van der Waals surface area (Å²) in [6.07, 6.45) is 11.4. The quantitative estimate of drug-likeness (QED) is 0.310. The Balaban J connectivity index is 1.46. The molecule has 2 fully saturated rings. The second-order valence-electron chi connectivity index (χ2n) is 8.73. The summed E-state index contributed by atoms with van der Waals surface area (Å²) in [6, 6.07) is 0. The van der Waals surface area contributed by atoms with Gasteiger partial charge in [0.1, 0.15) is 0 Å². The summed E-state index contributed by atoms with van der Waals surface area (Å²) in [7, 11) is 0. The Bertz CT molecular complexity index is 434. The largest absolute Gasteiger partial charge is 0.465 e. The number of ether oxygens (including phenoxy) is 4. The topological polar surface area (TPSA) is 71.1 Å². The highest BCUT2D eigenvalue weighted by molar-refractivity contribution is 5.72. The van der Waals surface area contributed by atoms with Crippen molar-refractivity contribution in [3.05, 3.63) is 0 Å². The highest BCUT2D eigenvalue weighted by Crippen LogP contribution is 2.28. The molecule has 0 aromatic rings. The molecule has 0 aliphatic heterocycles. The number of hydrogen-bond acceptors (Lipinski definition) is 6. The normalized spacial score (nSPS) is 26.9. The molecule has 0 spiro atoms. The molecule has 0 amide bonds. The van der Waals surface area contributed by atoms with Crippen LogP contribution in [0.15, 0.2) is 0 Å². The highest BCUT2D eigenvalue weighted by atomic mass is 16.5. The van der Waals surface area contributed by atoms with E-state index in [-0.39, 0.29) is 23.8 Å². The van der Waals surface area contributed by atoms with Crippen molar-refractivity contribution in [2.45, 2.75) is 103 Å². The van der Waals surface area contributed by atoms with Gasteiger partial charge in [0, 0.05) is 13.2 Å². The molecular formula is C24H42O6. The molecule has 0 saturated heterocycles. The fraction of sp³-hybridized carbons (Fsp3) is 0.917. The number of hydrogen-bond donors (Lipinski definition) is 0. The van der Waals surface area contributed by atoms with Gasteiger partial charge in [0.25, 0.3) is 0 Å². The van der Waals surface area contributed by atoms with Crippen molar-refractivity contribution in [3.63, 3.8) is 0 Å². The van der Waals surface area contributed by atoms with Gasteiger partial charge in [-0.3, -0.25) is 9.59 Å². The maximum absolute atomic E-state index is 12.2. The smallest absolute Gasteiger partial charge is 0.308 e. The van der Waals surface area contributed by atoms with Crippen molar-refractivity contribution < 1.29 is 28.5 Å². The van der Waals surface area contributed by atoms with E-state index in [1.54, 1.807) is 0 Å². The Hall–Kier alpha value is -1.14. The van der Waals surface area contributed by atoms with Gasteiger partial charge in [0.15, 0.2) is 0 Å². The molecule has 2 aliphatic carbocycles. The predicted molar refractivity (Wildman–Crippen MR) is 115 cm³/mol. The Morgan fingerprint density at radius 1 is 0.600 bits per heavy atom. The zero-order valence-electron chi connectivity index (χ0n) is 19.1. The van der Waals surface area contributed by atoms with E-state index in [9.17, 15) is 9.59 Å². The van der Waals surface area contributed by atoms with E-state index in [0.717, 1.165) is 90.3 Å². The zero-order valence-corrected chi connectivity index (χ0v) is 19.1. The van der Waals surface area contributed by atoms with Gasteiger partial charge in [0.05, 0.1) is 37.3 Å². The standard InChI is InChI=1S/C24H42O6/c1-3-15-27-21-11-7-19(8-12-21)23(25)29-17-5-6-18-30-24(26)20-9-13-22(14-10-20)28-16-4-2/h19-22H,3-18H2,1-2H3. The van der Waals surface area contributed by atoms with E-state index in [4.69, 9.17) is 18.9 Å². The van der Waals surface area contributed by atoms with Crippen molar-refractivity contribution in [3.8, 4) is 0 Å². The van der Waals surface area contributed by atoms with Gasteiger partial charge < -0.3 is 18.9 Å². The second kappa shape index (κ2) is 14.8. The first-order chi connectivity index (χ1) is 14.6. The van der Waals surface area contributed by atoms with Crippen LogP contribution < -0.4 is 0 Å². The van der Waals surface area contributed by atoms with Crippen LogP contribution in [0.2, 0.25) is 0 Å². The third-order valence-electron chi connectivity index (χ3n) is 6.16. The maximum atomic E-state index is 12.2. The first kappa shape index (κ1) is 25.1. The number of unbranched alkanes of at least 4 members (excludes halogenated alkanes) is 1. The van der Waals surface area contributed by atoms with Gasteiger partial charge in [0.2, 0.25) is 0 Å². The molecule has 174 valence electrons. The van der Waals surface area contributed by atoms with Crippen LogP contribution in [0.1, 0.15) is 90.9 Å². The van der Waals surface area contributed by atoms with Crippen LogP contribution in [0.5, 0.6) is 0 Å². The zero-order chi connectivity index (χ0) is 21.6. The molecule has 30 heavy (non-hydrogen) atoms. The van der Waals surface area contributed by atoms with E-state index in [1.807, 2.05) is 0 Å². The fourth-order valence-electron chi connectivity index (χ4n) is 4.28. The molecule has 2 rings (SSSR count). The van der Waals surface area contributed by atoms with Crippen molar-refractivity contribution >= 4 is 11.9 Å². The van der Waals surface area contributed by atoms with Crippen LogP contribution in [-0.4, -0.2) is 50.6 Å². The van der Waals surface area contributed by atoms with Crippen molar-refractivity contribution in [2.24, 2.45) is 11.8 Å². The molecule has 2 aliphatic rings. The van der Waals surface area contributed by atoms with Crippen molar-refractivity contribution in [2.75, 3.05) is 26.4 Å². The molecule has 0 radical (unpaired) electrons. The van der Waals surface area contributed by atoms with Gasteiger partial charge in [-0.05, 0) is 77.0 Å². The number of esters is 2. The minimum absolute atomic E-state index is 0.0146. The van der Waals surface area contributed by atoms with Gasteiger partial charge in [-0.2, -0.15) is 0 Å². The van der Waals surface area contributed by atoms with E-state index in [0.29, 0.717) is 25.4 Å². The van der Waals surface area contributed by atoms with E-state index < -0.39 is 0 Å². The summed E-state index contributed by atoms with van der Waals surface area (Å²) < 4.78 is 22.4. The SMILES string of the molecule is CCCOC1CCC(C(=O)OCCCCOC(=O)C2CCC(OCCC)CC2)CC1. The molecule has 0 heterocycles. The van der Waals surface area contributed by atoms with Crippen LogP contribution in [0, 0.1) is 11.8 Å². The number of rotatable bonds is 13. The summed E-state index contributed by atoms with van der Waals surface area (Å²) >= 11 is 0. The minimum atomic E-state index is -0.0806. The van der Waals surface area contributed by atoms with Gasteiger partial charge in [-0.25, -0.2) is 0 Å². The second-order valence-corrected chi connectivity index (χ2v) is 8.73. The average Bonchev–Trinajstić information content (AvgIpc) is 2.78. The molecule has 6 heteroatoms. The van der Waals surface area contributed by atoms with Crippen molar-refractivity contribution in [1.82, 2.24) is 0 Å². The van der Waals surface area contributed by atoms with Crippen LogP contribution in [0.4, 0.5) is 0 Å². The van der Waals surface area contributed by atoms with Gasteiger partial charge >= 0.3 is 11.9 Å². The van der Waals surface area contributed by atoms with Crippen LogP contribution in [0.3, 0.4) is 0 Å². The van der Waals surface area contributed by atoms with Crippen LogP contribution in [-0.2, 0) is 28.5 Å². The molecule has 0 aromatic heterocycles. The third-order valence-corrected chi connectivity index (χ3v) is 6.16. The summed E-state index contributed by atoms with van der Waals surface area (Å²) in [5, 5.41) is 0. The van der Waals surface area contributed by atoms with E-state index >= 15 is 0 Å². The van der Waals surface area contributed by atoms with Crippen LogP contribution >= 0.6 is 0 Å². The van der Waals surface area contributed by atoms with E-state index in [1.165, 1.54) is 0 Å². The van der Waals surface area contributed by atoms with E-state index in [2.05, 4.69) is 13.8 Å². The van der Waals surface area contributed by atoms with Gasteiger partial charge in [-0.1, -0.05) is 13.8 Å². The van der Waals surface area contributed by atoms with Gasteiger partial charge in [-0.15, -0.1) is 0 Å². The fourth-order valence-corrected chi connectivity index (χ4v) is 4.28. The molecule has 6 nitrogen and oxygen atoms in total. The Labute approximate surface area is 182 Å². The lowest BCUT2D eigenvalue weighted by Crippen LogP contribution is -2.28. The molecule has 0 atom stereocenters. The summed E-state index contributed by atoms with van der Waals surface area (Å²) in [4.78, 5) is 24.4. The Morgan fingerprint density at radius 3 is 1.30 bits per heavy atom. The first-order valence-electron chi connectivity index (χ1n) is 12.2. The average molecular weight is 427 g/mol. The lowest BCUT2D eigenvalue weighted by molar-refractivity contribution is -0.153. The molecule has 2 saturated carbocycles. The molecule has 0 bridgehead atoms. The lowest BCUT2D eigenvalue weighted by atomic mass is 9.87. The summed E-state index contributed by atoms with van der Waals surface area (Å²) in [6.45, 7) is 6.64. The monoisotopic (exact) mass is 426 g/mol. The molecule has 0 aromatic carbocycles. The first-order valence-corrected chi connectivity index (χ1v) is 12.2. The molecule has 0 unspecified atom stereocenters. The molecule has 0 N–H and O–H groups in total. The summed E-state index contributed by atoms with van der Waals surface area (Å²) in [5.74, 6) is -0.132. The Morgan fingerprint density at radius 2 is 0.967 bits per heavy atom. The predicted octanol–water partition coefficient (Wildman–Crippen LogP) is 4.82. The maximum Gasteiger partial charge on any atom is 0.308 e. The molecular weight excluding hydrogens is 384 g/mol. The Kier molecular flexibility index (Phi) is 12.4. The van der Waals surface area contributed by atoms with Crippen LogP contribution in [0.25, 0.3) is 0 Å². The highest BCUT2D eigenvalue weighted by Gasteiger charge is 2.28. The van der Waals surface area contributed by atoms with Crippen molar-refractivity contribution in [1.29, 1.82) is 0 Å². The number of carbonyl (C=O) groups is 2. The summed E-state index contributed by atoms with van der Waals surface area (Å²) in [5.41, 5.74) is 0. The third kappa shape index (κ3) is 9.34.